The van der Waals surface area contributed by atoms with Crippen LogP contribution in [0.5, 0.6) is 0 Å². The number of carbonyl (C=O) groups is 1. The molecular weight excluding hydrogens is 500 g/mol. The molecule has 9 heteroatoms. The Labute approximate surface area is 204 Å². The minimum absolute atomic E-state index is 0.150. The normalized spacial score (nSPS) is 11.4. The molecule has 7 nitrogen and oxygen atoms in total. The van der Waals surface area contributed by atoms with Gasteiger partial charge in [-0.2, -0.15) is 5.10 Å². The van der Waals surface area contributed by atoms with Gasteiger partial charge in [0.15, 0.2) is 11.0 Å². The van der Waals surface area contributed by atoms with Crippen LogP contribution >= 0.6 is 27.7 Å². The minimum atomic E-state index is -0.222. The lowest BCUT2D eigenvalue weighted by Gasteiger charge is -2.10. The van der Waals surface area contributed by atoms with Gasteiger partial charge >= 0.3 is 0 Å². The lowest BCUT2D eigenvalue weighted by molar-refractivity contribution is -0.118. The molecule has 0 unspecified atom stereocenters. The largest absolute Gasteiger partial charge is 0.272 e. The van der Waals surface area contributed by atoms with Crippen LogP contribution in [0.4, 0.5) is 0 Å². The van der Waals surface area contributed by atoms with E-state index >= 15 is 0 Å². The molecule has 0 saturated carbocycles. The molecule has 2 aromatic carbocycles. The predicted molar refractivity (Wildman–Crippen MR) is 135 cm³/mol. The van der Waals surface area contributed by atoms with Crippen molar-refractivity contribution in [1.29, 1.82) is 0 Å². The SMILES string of the molecule is C/C(=N/NC(=O)CSc1nnc(-c2ccncc2)n1-c1ccc(C)cc1)c1ccc(Br)cc1. The Hall–Kier alpha value is -3.30. The van der Waals surface area contributed by atoms with E-state index in [1.807, 2.05) is 79.1 Å². The van der Waals surface area contributed by atoms with Crippen molar-refractivity contribution in [2.24, 2.45) is 5.10 Å². The van der Waals surface area contributed by atoms with Gasteiger partial charge in [0.1, 0.15) is 0 Å². The topological polar surface area (TPSA) is 85.1 Å². The summed E-state index contributed by atoms with van der Waals surface area (Å²) in [5.74, 6) is 0.617. The second kappa shape index (κ2) is 10.5. The van der Waals surface area contributed by atoms with Gasteiger partial charge in [-0.15, -0.1) is 10.2 Å². The van der Waals surface area contributed by atoms with Crippen molar-refractivity contribution in [2.45, 2.75) is 19.0 Å². The fraction of sp³-hybridized carbons (Fsp3) is 0.125. The summed E-state index contributed by atoms with van der Waals surface area (Å²) in [7, 11) is 0. The fourth-order valence-electron chi connectivity index (χ4n) is 3.04. The third-order valence-corrected chi connectivity index (χ3v) is 6.26. The number of nitrogens with zero attached hydrogens (tertiary/aromatic N) is 5. The summed E-state index contributed by atoms with van der Waals surface area (Å²) in [6.45, 7) is 3.89. The van der Waals surface area contributed by atoms with Crippen LogP contribution < -0.4 is 5.43 Å². The monoisotopic (exact) mass is 520 g/mol. The second-order valence-corrected chi connectivity index (χ2v) is 9.10. The average Bonchev–Trinajstić information content (AvgIpc) is 3.26. The summed E-state index contributed by atoms with van der Waals surface area (Å²) in [6, 6.07) is 19.6. The van der Waals surface area contributed by atoms with Gasteiger partial charge in [0.05, 0.1) is 11.5 Å². The van der Waals surface area contributed by atoms with Gasteiger partial charge in [-0.3, -0.25) is 14.3 Å². The number of halogens is 1. The predicted octanol–water partition coefficient (Wildman–Crippen LogP) is 5.03. The standard InChI is InChI=1S/C24H21BrN6OS/c1-16-3-9-21(10-4-16)31-23(19-11-13-26-14-12-19)29-30-24(31)33-15-22(32)28-27-17(2)18-5-7-20(25)8-6-18/h3-14H,15H2,1-2H3,(H,28,32)/b27-17-. The first-order valence-electron chi connectivity index (χ1n) is 10.2. The number of pyridine rings is 1. The van der Waals surface area contributed by atoms with E-state index < -0.39 is 0 Å². The van der Waals surface area contributed by atoms with Crippen molar-refractivity contribution in [2.75, 3.05) is 5.75 Å². The Morgan fingerprint density at radius 3 is 2.42 bits per heavy atom. The van der Waals surface area contributed by atoms with Crippen LogP contribution in [0.15, 0.2) is 87.8 Å². The molecule has 33 heavy (non-hydrogen) atoms. The number of hydrazone groups is 1. The lowest BCUT2D eigenvalue weighted by Crippen LogP contribution is -2.21. The highest BCUT2D eigenvalue weighted by Gasteiger charge is 2.17. The third-order valence-electron chi connectivity index (χ3n) is 4.81. The molecule has 166 valence electrons. The fourth-order valence-corrected chi connectivity index (χ4v) is 4.05. The Kier molecular flexibility index (Phi) is 7.31. The van der Waals surface area contributed by atoms with Gasteiger partial charge in [0, 0.05) is 28.1 Å². The van der Waals surface area contributed by atoms with Crippen molar-refractivity contribution < 1.29 is 4.79 Å². The lowest BCUT2D eigenvalue weighted by atomic mass is 10.1. The summed E-state index contributed by atoms with van der Waals surface area (Å²) >= 11 is 4.72. The van der Waals surface area contributed by atoms with Gasteiger partial charge in [0.2, 0.25) is 0 Å². The zero-order valence-corrected chi connectivity index (χ0v) is 20.5. The number of thioether (sulfide) groups is 1. The molecule has 2 heterocycles. The molecule has 0 bridgehead atoms. The molecule has 0 aliphatic heterocycles. The van der Waals surface area contributed by atoms with Crippen LogP contribution in [0, 0.1) is 6.92 Å². The molecule has 0 spiro atoms. The molecule has 4 rings (SSSR count). The van der Waals surface area contributed by atoms with Gasteiger partial charge in [-0.1, -0.05) is 57.5 Å². The van der Waals surface area contributed by atoms with Crippen molar-refractivity contribution in [3.63, 3.8) is 0 Å². The third kappa shape index (κ3) is 5.74. The first-order chi connectivity index (χ1) is 16.0. The van der Waals surface area contributed by atoms with Crippen molar-refractivity contribution in [3.8, 4) is 17.1 Å². The van der Waals surface area contributed by atoms with E-state index in [1.165, 1.54) is 11.8 Å². The number of aromatic nitrogens is 4. The van der Waals surface area contributed by atoms with Gasteiger partial charge in [-0.05, 0) is 55.8 Å². The molecule has 1 amide bonds. The van der Waals surface area contributed by atoms with E-state index in [-0.39, 0.29) is 11.7 Å². The highest BCUT2D eigenvalue weighted by atomic mass is 79.9. The van der Waals surface area contributed by atoms with Crippen molar-refractivity contribution in [1.82, 2.24) is 25.2 Å². The quantitative estimate of drug-likeness (QED) is 0.210. The summed E-state index contributed by atoms with van der Waals surface area (Å²) in [6.07, 6.45) is 3.44. The van der Waals surface area contributed by atoms with Crippen molar-refractivity contribution >= 4 is 39.3 Å². The Balaban J connectivity index is 1.51. The minimum Gasteiger partial charge on any atom is -0.272 e. The van der Waals surface area contributed by atoms with E-state index in [0.29, 0.717) is 11.0 Å². The van der Waals surface area contributed by atoms with Crippen LogP contribution in [0.3, 0.4) is 0 Å². The number of nitrogens with one attached hydrogen (secondary N) is 1. The van der Waals surface area contributed by atoms with E-state index in [9.17, 15) is 4.79 Å². The van der Waals surface area contributed by atoms with Gasteiger partial charge in [0.25, 0.3) is 5.91 Å². The molecular formula is C24H21BrN6OS. The molecule has 2 aromatic heterocycles. The molecule has 0 radical (unpaired) electrons. The molecule has 0 atom stereocenters. The van der Waals surface area contributed by atoms with E-state index in [1.54, 1.807) is 12.4 Å². The molecule has 4 aromatic rings. The van der Waals surface area contributed by atoms with Crippen LogP contribution in [0.2, 0.25) is 0 Å². The second-order valence-electron chi connectivity index (χ2n) is 7.24. The molecule has 0 aliphatic carbocycles. The number of aryl methyl sites for hydroxylation is 1. The Morgan fingerprint density at radius 1 is 1.03 bits per heavy atom. The number of hydrogen-bond acceptors (Lipinski definition) is 6. The van der Waals surface area contributed by atoms with Crippen molar-refractivity contribution in [3.05, 3.63) is 88.7 Å². The summed E-state index contributed by atoms with van der Waals surface area (Å²) in [5, 5.41) is 13.6. The number of rotatable bonds is 7. The average molecular weight is 521 g/mol. The van der Waals surface area contributed by atoms with Gasteiger partial charge < -0.3 is 0 Å². The first-order valence-corrected chi connectivity index (χ1v) is 11.9. The summed E-state index contributed by atoms with van der Waals surface area (Å²) < 4.78 is 2.94. The van der Waals surface area contributed by atoms with Crippen LogP contribution in [0.1, 0.15) is 18.1 Å². The maximum absolute atomic E-state index is 12.5. The molecule has 0 saturated heterocycles. The number of amides is 1. The smallest absolute Gasteiger partial charge is 0.250 e. The zero-order valence-electron chi connectivity index (χ0n) is 18.1. The van der Waals surface area contributed by atoms with Crippen LogP contribution in [0.25, 0.3) is 17.1 Å². The van der Waals surface area contributed by atoms with Crippen LogP contribution in [-0.2, 0) is 4.79 Å². The molecule has 0 aliphatic rings. The van der Waals surface area contributed by atoms with E-state index in [4.69, 9.17) is 0 Å². The van der Waals surface area contributed by atoms with Crippen LogP contribution in [-0.4, -0.2) is 37.1 Å². The molecule has 1 N–H and O–H groups in total. The van der Waals surface area contributed by atoms with E-state index in [0.717, 1.165) is 32.6 Å². The summed E-state index contributed by atoms with van der Waals surface area (Å²) in [5.41, 5.74) is 7.26. The molecule has 0 fully saturated rings. The number of hydrogen-bond donors (Lipinski definition) is 1. The highest BCUT2D eigenvalue weighted by Crippen LogP contribution is 2.27. The Morgan fingerprint density at radius 2 is 1.73 bits per heavy atom. The Bertz CT molecular complexity index is 1270. The summed E-state index contributed by atoms with van der Waals surface area (Å²) in [4.78, 5) is 16.5. The zero-order chi connectivity index (χ0) is 23.2. The first kappa shape index (κ1) is 22.9. The maximum Gasteiger partial charge on any atom is 0.250 e. The van der Waals surface area contributed by atoms with Gasteiger partial charge in [-0.25, -0.2) is 5.43 Å². The number of benzene rings is 2. The maximum atomic E-state index is 12.5. The number of carbonyl (C=O) groups excluding carboxylic acids is 1. The highest BCUT2D eigenvalue weighted by molar-refractivity contribution is 9.10. The van der Waals surface area contributed by atoms with E-state index in [2.05, 4.69) is 41.6 Å².